The van der Waals surface area contributed by atoms with Gasteiger partial charge < -0.3 is 10.4 Å². The van der Waals surface area contributed by atoms with Crippen LogP contribution in [-0.4, -0.2) is 23.0 Å². The highest BCUT2D eigenvalue weighted by molar-refractivity contribution is 5.87. The average Bonchev–Trinajstić information content (AvgIpc) is 2.83. The number of carbonyl (C=O) groups excluding carboxylic acids is 1. The largest absolute Gasteiger partial charge is 0.480 e. The zero-order chi connectivity index (χ0) is 13.7. The Hall–Kier alpha value is -1.06. The molecule has 0 aromatic rings. The predicted molar refractivity (Wildman–Crippen MR) is 70.3 cm³/mol. The molecule has 6 atom stereocenters. The predicted octanol–water partition coefficient (Wildman–Crippen LogP) is 1.89. The van der Waals surface area contributed by atoms with Crippen molar-refractivity contribution >= 4 is 11.9 Å². The summed E-state index contributed by atoms with van der Waals surface area (Å²) in [6.45, 7) is 3.84. The normalized spacial score (nSPS) is 41.5. The summed E-state index contributed by atoms with van der Waals surface area (Å²) < 4.78 is 0. The Morgan fingerprint density at radius 1 is 1.26 bits per heavy atom. The van der Waals surface area contributed by atoms with Gasteiger partial charge in [-0.25, -0.2) is 4.79 Å². The Labute approximate surface area is 113 Å². The van der Waals surface area contributed by atoms with Crippen molar-refractivity contribution in [2.24, 2.45) is 35.5 Å². The van der Waals surface area contributed by atoms with E-state index in [0.29, 0.717) is 11.8 Å². The van der Waals surface area contributed by atoms with Crippen molar-refractivity contribution in [3.05, 3.63) is 0 Å². The lowest BCUT2D eigenvalue weighted by molar-refractivity contribution is -0.143. The molecule has 0 spiro atoms. The summed E-state index contributed by atoms with van der Waals surface area (Å²) in [5.74, 6) is 1.84. The minimum atomic E-state index is -0.906. The first-order chi connectivity index (χ1) is 9.04. The molecule has 3 aliphatic rings. The first kappa shape index (κ1) is 12.9. The molecule has 0 heterocycles. The number of carboxylic acid groups (broad SMARTS) is 1. The van der Waals surface area contributed by atoms with Crippen molar-refractivity contribution in [2.45, 2.75) is 45.6 Å². The summed E-state index contributed by atoms with van der Waals surface area (Å²) in [6.07, 6.45) is 4.64. The number of fused-ring (bicyclic) bond motifs is 5. The first-order valence-electron chi connectivity index (χ1n) is 7.57. The fraction of sp³-hybridized carbons (Fsp3) is 0.867. The van der Waals surface area contributed by atoms with Crippen LogP contribution in [0.5, 0.6) is 0 Å². The van der Waals surface area contributed by atoms with Gasteiger partial charge in [0.2, 0.25) is 5.91 Å². The number of hydrogen-bond donors (Lipinski definition) is 2. The Morgan fingerprint density at radius 2 is 1.84 bits per heavy atom. The second-order valence-electron chi connectivity index (χ2n) is 6.72. The summed E-state index contributed by atoms with van der Waals surface area (Å²) in [6, 6.07) is -0.725. The number of rotatable bonds is 5. The van der Waals surface area contributed by atoms with Gasteiger partial charge in [-0.3, -0.25) is 4.79 Å². The summed E-state index contributed by atoms with van der Waals surface area (Å²) >= 11 is 0. The zero-order valence-electron chi connectivity index (χ0n) is 11.6. The van der Waals surface area contributed by atoms with Crippen LogP contribution in [-0.2, 0) is 9.59 Å². The SMILES string of the molecule is CCC(C)C(NC(=O)C1C2C3CCC(C3)C12)C(=O)O. The van der Waals surface area contributed by atoms with Gasteiger partial charge in [0, 0.05) is 5.92 Å². The van der Waals surface area contributed by atoms with Crippen LogP contribution in [0.25, 0.3) is 0 Å². The molecule has 106 valence electrons. The van der Waals surface area contributed by atoms with E-state index in [1.165, 1.54) is 19.3 Å². The fourth-order valence-corrected chi connectivity index (χ4v) is 4.61. The topological polar surface area (TPSA) is 66.4 Å². The molecule has 0 aromatic carbocycles. The highest BCUT2D eigenvalue weighted by Crippen LogP contribution is 2.69. The van der Waals surface area contributed by atoms with E-state index in [1.54, 1.807) is 0 Å². The minimum Gasteiger partial charge on any atom is -0.480 e. The number of aliphatic carboxylic acids is 1. The van der Waals surface area contributed by atoms with Crippen LogP contribution in [0.2, 0.25) is 0 Å². The quantitative estimate of drug-likeness (QED) is 0.797. The number of hydrogen-bond acceptors (Lipinski definition) is 2. The molecule has 3 fully saturated rings. The van der Waals surface area contributed by atoms with Crippen molar-refractivity contribution in [2.75, 3.05) is 0 Å². The molecule has 3 saturated carbocycles. The Morgan fingerprint density at radius 3 is 2.32 bits per heavy atom. The lowest BCUT2D eigenvalue weighted by atomic mass is 9.97. The molecule has 0 saturated heterocycles. The van der Waals surface area contributed by atoms with Gasteiger partial charge in [-0.2, -0.15) is 0 Å². The van der Waals surface area contributed by atoms with Crippen molar-refractivity contribution in [1.82, 2.24) is 5.32 Å². The molecular formula is C15H23NO3. The van der Waals surface area contributed by atoms with E-state index < -0.39 is 12.0 Å². The molecule has 0 radical (unpaired) electrons. The standard InChI is InChI=1S/C15H23NO3/c1-3-7(2)13(15(18)19)16-14(17)12-10-8-4-5-9(6-8)11(10)12/h7-13H,3-6H2,1-2H3,(H,16,17)(H,18,19). The van der Waals surface area contributed by atoms with Crippen LogP contribution < -0.4 is 5.32 Å². The molecule has 0 aliphatic heterocycles. The van der Waals surface area contributed by atoms with E-state index in [0.717, 1.165) is 18.3 Å². The van der Waals surface area contributed by atoms with Crippen molar-refractivity contribution in [3.63, 3.8) is 0 Å². The zero-order valence-corrected chi connectivity index (χ0v) is 11.6. The maximum Gasteiger partial charge on any atom is 0.326 e. The van der Waals surface area contributed by atoms with Crippen LogP contribution >= 0.6 is 0 Å². The number of nitrogens with one attached hydrogen (secondary N) is 1. The highest BCUT2D eigenvalue weighted by Gasteiger charge is 2.67. The maximum atomic E-state index is 12.3. The first-order valence-corrected chi connectivity index (χ1v) is 7.57. The van der Waals surface area contributed by atoms with Crippen molar-refractivity contribution in [3.8, 4) is 0 Å². The summed E-state index contributed by atoms with van der Waals surface area (Å²) in [5.41, 5.74) is 0. The Balaban J connectivity index is 1.61. The highest BCUT2D eigenvalue weighted by atomic mass is 16.4. The van der Waals surface area contributed by atoms with Gasteiger partial charge in [-0.05, 0) is 48.9 Å². The smallest absolute Gasteiger partial charge is 0.326 e. The molecule has 2 N–H and O–H groups in total. The Bertz CT molecular complexity index is 392. The van der Waals surface area contributed by atoms with Crippen molar-refractivity contribution < 1.29 is 14.7 Å². The van der Waals surface area contributed by atoms with Gasteiger partial charge in [0.1, 0.15) is 6.04 Å². The van der Waals surface area contributed by atoms with Crippen LogP contribution in [0.1, 0.15) is 39.5 Å². The molecule has 4 heteroatoms. The minimum absolute atomic E-state index is 0.000648. The van der Waals surface area contributed by atoms with Gasteiger partial charge in [-0.1, -0.05) is 20.3 Å². The van der Waals surface area contributed by atoms with Crippen LogP contribution in [0.15, 0.2) is 0 Å². The van der Waals surface area contributed by atoms with Crippen LogP contribution in [0, 0.1) is 35.5 Å². The van der Waals surface area contributed by atoms with Crippen LogP contribution in [0.4, 0.5) is 0 Å². The van der Waals surface area contributed by atoms with Gasteiger partial charge in [0.15, 0.2) is 0 Å². The molecule has 6 unspecified atom stereocenters. The van der Waals surface area contributed by atoms with E-state index >= 15 is 0 Å². The lowest BCUT2D eigenvalue weighted by Crippen LogP contribution is -2.46. The second-order valence-corrected chi connectivity index (χ2v) is 6.72. The Kier molecular flexibility index (Phi) is 3.06. The maximum absolute atomic E-state index is 12.3. The van der Waals surface area contributed by atoms with E-state index in [2.05, 4.69) is 5.32 Å². The molecule has 19 heavy (non-hydrogen) atoms. The van der Waals surface area contributed by atoms with Gasteiger partial charge >= 0.3 is 5.97 Å². The fourth-order valence-electron chi connectivity index (χ4n) is 4.61. The molecule has 3 rings (SSSR count). The molecule has 4 nitrogen and oxygen atoms in total. The molecule has 3 aliphatic carbocycles. The van der Waals surface area contributed by atoms with Crippen molar-refractivity contribution in [1.29, 1.82) is 0 Å². The van der Waals surface area contributed by atoms with Gasteiger partial charge in [0.05, 0.1) is 0 Å². The van der Waals surface area contributed by atoms with E-state index in [4.69, 9.17) is 0 Å². The average molecular weight is 265 g/mol. The third-order valence-electron chi connectivity index (χ3n) is 5.81. The molecule has 1 amide bonds. The van der Waals surface area contributed by atoms with Crippen LogP contribution in [0.3, 0.4) is 0 Å². The third-order valence-corrected chi connectivity index (χ3v) is 5.81. The lowest BCUT2D eigenvalue weighted by Gasteiger charge is -2.21. The number of carbonyl (C=O) groups is 2. The van der Waals surface area contributed by atoms with E-state index in [-0.39, 0.29) is 17.7 Å². The third kappa shape index (κ3) is 1.96. The summed E-state index contributed by atoms with van der Waals surface area (Å²) in [5, 5.41) is 12.0. The van der Waals surface area contributed by atoms with E-state index in [1.807, 2.05) is 13.8 Å². The number of carboxylic acids is 1. The molecule has 2 bridgehead atoms. The second kappa shape index (κ2) is 4.50. The van der Waals surface area contributed by atoms with Gasteiger partial charge in [0.25, 0.3) is 0 Å². The molecule has 0 aromatic heterocycles. The monoisotopic (exact) mass is 265 g/mol. The summed E-state index contributed by atoms with van der Waals surface area (Å²) in [7, 11) is 0. The summed E-state index contributed by atoms with van der Waals surface area (Å²) in [4.78, 5) is 23.5. The number of amides is 1. The molecular weight excluding hydrogens is 242 g/mol. The van der Waals surface area contributed by atoms with E-state index in [9.17, 15) is 14.7 Å². The van der Waals surface area contributed by atoms with Gasteiger partial charge in [-0.15, -0.1) is 0 Å².